The maximum Gasteiger partial charge on any atom is 0.339 e. The lowest BCUT2D eigenvalue weighted by molar-refractivity contribution is 0.0943. The number of benzene rings is 2. The van der Waals surface area contributed by atoms with Gasteiger partial charge >= 0.3 is 5.63 Å². The van der Waals surface area contributed by atoms with Gasteiger partial charge in [-0.3, -0.25) is 9.59 Å². The third-order valence-corrected chi connectivity index (χ3v) is 4.19. The van der Waals surface area contributed by atoms with Crippen molar-refractivity contribution in [2.24, 2.45) is 0 Å². The van der Waals surface area contributed by atoms with Gasteiger partial charge in [-0.15, -0.1) is 0 Å². The van der Waals surface area contributed by atoms with Gasteiger partial charge in [0.05, 0.1) is 11.5 Å². The zero-order valence-corrected chi connectivity index (χ0v) is 13.4. The number of ether oxygens (including phenoxy) is 1. The molecule has 0 radical (unpaired) electrons. The molecule has 0 amide bonds. The van der Waals surface area contributed by atoms with Crippen LogP contribution in [0, 0.1) is 0 Å². The summed E-state index contributed by atoms with van der Waals surface area (Å²) in [5, 5.41) is 0.166. The molecule has 0 spiro atoms. The van der Waals surface area contributed by atoms with Crippen molar-refractivity contribution in [1.29, 1.82) is 0 Å². The van der Waals surface area contributed by atoms with Gasteiger partial charge in [-0.05, 0) is 12.1 Å². The van der Waals surface area contributed by atoms with Crippen LogP contribution in [-0.2, 0) is 0 Å². The summed E-state index contributed by atoms with van der Waals surface area (Å²) in [6.07, 6.45) is 0. The predicted molar refractivity (Wildman–Crippen MR) is 91.1 cm³/mol. The molecular formula is C19H9ClO5. The van der Waals surface area contributed by atoms with Gasteiger partial charge in [-0.25, -0.2) is 4.79 Å². The molecule has 0 fully saturated rings. The molecule has 1 aliphatic rings. The number of carbonyl (C=O) groups is 2. The zero-order chi connectivity index (χ0) is 17.6. The minimum atomic E-state index is -0.639. The number of para-hydroxylation sites is 1. The van der Waals surface area contributed by atoms with Crippen LogP contribution in [0.4, 0.5) is 0 Å². The number of ketones is 2. The molecular weight excluding hydrogens is 344 g/mol. The van der Waals surface area contributed by atoms with E-state index in [0.717, 1.165) is 6.07 Å². The van der Waals surface area contributed by atoms with E-state index in [1.807, 2.05) is 0 Å². The fourth-order valence-corrected chi connectivity index (χ4v) is 2.92. The molecule has 0 N–H and O–H groups in total. The molecule has 1 heterocycles. The molecule has 1 aliphatic carbocycles. The lowest BCUT2D eigenvalue weighted by Crippen LogP contribution is -2.23. The third kappa shape index (κ3) is 2.45. The number of hydrogen-bond acceptors (Lipinski definition) is 5. The second-order valence-corrected chi connectivity index (χ2v) is 5.75. The minimum Gasteiger partial charge on any atom is -0.450 e. The van der Waals surface area contributed by atoms with Crippen molar-refractivity contribution in [2.75, 3.05) is 0 Å². The monoisotopic (exact) mass is 352 g/mol. The highest BCUT2D eigenvalue weighted by molar-refractivity contribution is 6.49. The summed E-state index contributed by atoms with van der Waals surface area (Å²) in [4.78, 5) is 36.8. The van der Waals surface area contributed by atoms with Crippen LogP contribution in [0.25, 0.3) is 11.0 Å². The Kier molecular flexibility index (Phi) is 3.51. The van der Waals surface area contributed by atoms with Crippen LogP contribution in [0.2, 0.25) is 0 Å². The molecule has 2 aromatic carbocycles. The van der Waals surface area contributed by atoms with Crippen molar-refractivity contribution in [3.8, 4) is 5.75 Å². The molecule has 4 rings (SSSR count). The Morgan fingerprint density at radius 2 is 1.48 bits per heavy atom. The zero-order valence-electron chi connectivity index (χ0n) is 12.6. The van der Waals surface area contributed by atoms with Crippen molar-refractivity contribution in [3.63, 3.8) is 0 Å². The van der Waals surface area contributed by atoms with E-state index < -0.39 is 17.2 Å². The topological polar surface area (TPSA) is 73.6 Å². The van der Waals surface area contributed by atoms with Crippen LogP contribution in [0.3, 0.4) is 0 Å². The van der Waals surface area contributed by atoms with Gasteiger partial charge in [0.25, 0.3) is 0 Å². The number of fused-ring (bicyclic) bond motifs is 2. The van der Waals surface area contributed by atoms with Crippen LogP contribution >= 0.6 is 11.6 Å². The molecule has 0 unspecified atom stereocenters. The summed E-state index contributed by atoms with van der Waals surface area (Å²) >= 11 is 6.08. The Hall–Kier alpha value is -3.18. The smallest absolute Gasteiger partial charge is 0.339 e. The Labute approximate surface area is 146 Å². The molecule has 0 saturated carbocycles. The summed E-state index contributed by atoms with van der Waals surface area (Å²) in [6, 6.07) is 14.2. The minimum absolute atomic E-state index is 0.0977. The summed E-state index contributed by atoms with van der Waals surface area (Å²) in [6.45, 7) is 0. The summed E-state index contributed by atoms with van der Waals surface area (Å²) in [5.41, 5.74) is 0.0959. The molecule has 0 saturated heterocycles. The number of allylic oxidation sites excluding steroid dienone is 2. The lowest BCUT2D eigenvalue weighted by atomic mass is 9.93. The van der Waals surface area contributed by atoms with E-state index >= 15 is 0 Å². The molecule has 0 bridgehead atoms. The second kappa shape index (κ2) is 5.72. The molecule has 5 nitrogen and oxygen atoms in total. The number of hydrogen-bond donors (Lipinski definition) is 0. The van der Waals surface area contributed by atoms with E-state index in [2.05, 4.69) is 0 Å². The maximum atomic E-state index is 12.7. The van der Waals surface area contributed by atoms with E-state index in [4.69, 9.17) is 20.8 Å². The van der Waals surface area contributed by atoms with E-state index in [9.17, 15) is 14.4 Å². The molecule has 1 aromatic heterocycles. The van der Waals surface area contributed by atoms with Crippen LogP contribution in [0.5, 0.6) is 5.75 Å². The first kappa shape index (κ1) is 15.4. The standard InChI is InChI=1S/C19H9ClO5/c20-16-17(22)10-5-1-2-6-11(10)18(23)19(16)25-14-9-15(21)24-13-8-4-3-7-12(13)14/h1-9H. The fourth-order valence-electron chi connectivity index (χ4n) is 2.69. The van der Waals surface area contributed by atoms with Crippen molar-refractivity contribution in [2.45, 2.75) is 0 Å². The first-order chi connectivity index (χ1) is 12.1. The van der Waals surface area contributed by atoms with Crippen LogP contribution < -0.4 is 10.4 Å². The van der Waals surface area contributed by atoms with Gasteiger partial charge in [0.15, 0.2) is 5.76 Å². The lowest BCUT2D eigenvalue weighted by Gasteiger charge is -2.18. The third-order valence-electron chi connectivity index (χ3n) is 3.85. The quantitative estimate of drug-likeness (QED) is 0.657. The maximum absolute atomic E-state index is 12.7. The van der Waals surface area contributed by atoms with Crippen LogP contribution in [0.15, 0.2) is 74.6 Å². The number of rotatable bonds is 2. The van der Waals surface area contributed by atoms with E-state index in [1.165, 1.54) is 12.1 Å². The average molecular weight is 353 g/mol. The number of Topliss-reactive ketones (excluding diaryl/α,β-unsaturated/α-hetero) is 2. The normalized spacial score (nSPS) is 14.0. The van der Waals surface area contributed by atoms with Gasteiger partial charge in [0, 0.05) is 11.1 Å². The summed E-state index contributed by atoms with van der Waals surface area (Å²) < 4.78 is 10.7. The number of carbonyl (C=O) groups excluding carboxylic acids is 2. The Morgan fingerprint density at radius 3 is 2.24 bits per heavy atom. The Morgan fingerprint density at radius 1 is 0.840 bits per heavy atom. The first-order valence-electron chi connectivity index (χ1n) is 7.35. The largest absolute Gasteiger partial charge is 0.450 e. The van der Waals surface area contributed by atoms with Crippen LogP contribution in [0.1, 0.15) is 20.7 Å². The highest BCUT2D eigenvalue weighted by Gasteiger charge is 2.33. The van der Waals surface area contributed by atoms with Gasteiger partial charge in [0.1, 0.15) is 16.4 Å². The van der Waals surface area contributed by atoms with Crippen molar-refractivity contribution in [3.05, 3.63) is 86.9 Å². The summed E-state index contributed by atoms with van der Waals surface area (Å²) in [7, 11) is 0. The van der Waals surface area contributed by atoms with E-state index in [1.54, 1.807) is 36.4 Å². The van der Waals surface area contributed by atoms with Crippen LogP contribution in [-0.4, -0.2) is 11.6 Å². The Bertz CT molecular complexity index is 1140. The predicted octanol–water partition coefficient (Wildman–Crippen LogP) is 3.70. The Balaban J connectivity index is 1.87. The van der Waals surface area contributed by atoms with Crippen molar-refractivity contribution >= 4 is 34.1 Å². The van der Waals surface area contributed by atoms with Gasteiger partial charge < -0.3 is 9.15 Å². The molecule has 0 atom stereocenters. The van der Waals surface area contributed by atoms with Gasteiger partial charge in [-0.1, -0.05) is 48.0 Å². The van der Waals surface area contributed by atoms with E-state index in [0.29, 0.717) is 11.0 Å². The van der Waals surface area contributed by atoms with Gasteiger partial charge in [0.2, 0.25) is 11.6 Å². The van der Waals surface area contributed by atoms with E-state index in [-0.39, 0.29) is 27.7 Å². The second-order valence-electron chi connectivity index (χ2n) is 5.37. The molecule has 0 aliphatic heterocycles. The average Bonchev–Trinajstić information content (AvgIpc) is 2.63. The molecule has 122 valence electrons. The van der Waals surface area contributed by atoms with Gasteiger partial charge in [-0.2, -0.15) is 0 Å². The first-order valence-corrected chi connectivity index (χ1v) is 7.73. The molecule has 3 aromatic rings. The van der Waals surface area contributed by atoms with Crippen molar-refractivity contribution < 1.29 is 18.7 Å². The molecule has 25 heavy (non-hydrogen) atoms. The SMILES string of the molecule is O=C1C(Cl)=C(Oc2cc(=O)oc3ccccc23)C(=O)c2ccccc21. The summed E-state index contributed by atoms with van der Waals surface area (Å²) in [5.74, 6) is -1.22. The highest BCUT2D eigenvalue weighted by atomic mass is 35.5. The van der Waals surface area contributed by atoms with Crippen molar-refractivity contribution in [1.82, 2.24) is 0 Å². The highest BCUT2D eigenvalue weighted by Crippen LogP contribution is 2.32. The number of halogens is 1. The molecule has 6 heteroatoms. The fraction of sp³-hybridized carbons (Fsp3) is 0.